The van der Waals surface area contributed by atoms with E-state index in [1.807, 2.05) is 18.3 Å². The molecule has 1 aliphatic heterocycles. The Hall–Kier alpha value is -2.41. The Balaban J connectivity index is 1.48. The number of carbonyl (C=O) groups excluding carboxylic acids is 1. The molecule has 0 radical (unpaired) electrons. The van der Waals surface area contributed by atoms with Crippen LogP contribution >= 0.6 is 0 Å². The van der Waals surface area contributed by atoms with Crippen molar-refractivity contribution >= 4 is 5.91 Å². The molecule has 3 heterocycles. The highest BCUT2D eigenvalue weighted by molar-refractivity contribution is 5.92. The lowest BCUT2D eigenvalue weighted by Crippen LogP contribution is -2.36. The molecule has 7 heteroatoms. The number of nitrogens with zero attached hydrogens (tertiary/aromatic N) is 4. The summed E-state index contributed by atoms with van der Waals surface area (Å²) in [6, 6.07) is 4.40. The zero-order valence-electron chi connectivity index (χ0n) is 16.0. The Morgan fingerprint density at radius 2 is 2.15 bits per heavy atom. The SMILES string of the molecule is COc1ncccc1CN1CCn2cc(C(=O)NC3CCCC3)nc2C1C. The monoisotopic (exact) mass is 369 g/mol. The lowest BCUT2D eigenvalue weighted by molar-refractivity contribution is 0.0933. The first-order valence-electron chi connectivity index (χ1n) is 9.75. The van der Waals surface area contributed by atoms with Gasteiger partial charge in [-0.05, 0) is 25.8 Å². The number of amides is 1. The van der Waals surface area contributed by atoms with Crippen LogP contribution in [0.4, 0.5) is 0 Å². The number of pyridine rings is 1. The molecule has 0 spiro atoms. The van der Waals surface area contributed by atoms with Gasteiger partial charge in [-0.25, -0.2) is 9.97 Å². The summed E-state index contributed by atoms with van der Waals surface area (Å²) >= 11 is 0. The normalized spacial score (nSPS) is 20.4. The molecule has 2 aliphatic rings. The van der Waals surface area contributed by atoms with E-state index in [1.54, 1.807) is 13.3 Å². The minimum absolute atomic E-state index is 0.0449. The van der Waals surface area contributed by atoms with Crippen molar-refractivity contribution in [2.75, 3.05) is 13.7 Å². The summed E-state index contributed by atoms with van der Waals surface area (Å²) < 4.78 is 7.50. The summed E-state index contributed by atoms with van der Waals surface area (Å²) in [6.45, 7) is 4.60. The Morgan fingerprint density at radius 3 is 2.93 bits per heavy atom. The van der Waals surface area contributed by atoms with Gasteiger partial charge in [0, 0.05) is 43.6 Å². The van der Waals surface area contributed by atoms with E-state index in [1.165, 1.54) is 12.8 Å². The van der Waals surface area contributed by atoms with Crippen molar-refractivity contribution in [1.29, 1.82) is 0 Å². The molecular weight excluding hydrogens is 342 g/mol. The number of hydrogen-bond acceptors (Lipinski definition) is 5. The maximum atomic E-state index is 12.6. The van der Waals surface area contributed by atoms with E-state index < -0.39 is 0 Å². The van der Waals surface area contributed by atoms with Crippen LogP contribution in [0.1, 0.15) is 60.5 Å². The van der Waals surface area contributed by atoms with Gasteiger partial charge in [0.15, 0.2) is 0 Å². The Morgan fingerprint density at radius 1 is 1.33 bits per heavy atom. The van der Waals surface area contributed by atoms with Gasteiger partial charge in [-0.15, -0.1) is 0 Å². The Bertz CT molecular complexity index is 812. The molecule has 27 heavy (non-hydrogen) atoms. The van der Waals surface area contributed by atoms with Crippen molar-refractivity contribution in [3.8, 4) is 5.88 Å². The molecule has 0 bridgehead atoms. The van der Waals surface area contributed by atoms with Crippen molar-refractivity contribution in [1.82, 2.24) is 24.8 Å². The van der Waals surface area contributed by atoms with Crippen molar-refractivity contribution in [2.45, 2.75) is 57.8 Å². The molecule has 1 aliphatic carbocycles. The predicted octanol–water partition coefficient (Wildman–Crippen LogP) is 2.54. The molecule has 1 saturated carbocycles. The molecule has 1 atom stereocenters. The fraction of sp³-hybridized carbons (Fsp3) is 0.550. The van der Waals surface area contributed by atoms with Crippen molar-refractivity contribution < 1.29 is 9.53 Å². The number of nitrogens with one attached hydrogen (secondary N) is 1. The summed E-state index contributed by atoms with van der Waals surface area (Å²) in [7, 11) is 1.65. The fourth-order valence-electron chi connectivity index (χ4n) is 4.14. The van der Waals surface area contributed by atoms with Crippen LogP contribution in [0.5, 0.6) is 5.88 Å². The van der Waals surface area contributed by atoms with Crippen LogP contribution in [0.2, 0.25) is 0 Å². The second kappa shape index (κ2) is 7.68. The quantitative estimate of drug-likeness (QED) is 0.877. The second-order valence-corrected chi connectivity index (χ2v) is 7.45. The summed E-state index contributed by atoms with van der Waals surface area (Å²) in [5, 5.41) is 3.13. The van der Waals surface area contributed by atoms with Gasteiger partial charge in [0.25, 0.3) is 5.91 Å². The summed E-state index contributed by atoms with van der Waals surface area (Å²) in [4.78, 5) is 23.9. The van der Waals surface area contributed by atoms with Gasteiger partial charge in [-0.3, -0.25) is 9.69 Å². The van der Waals surface area contributed by atoms with E-state index in [-0.39, 0.29) is 11.9 Å². The number of fused-ring (bicyclic) bond motifs is 1. The molecule has 1 amide bonds. The summed E-state index contributed by atoms with van der Waals surface area (Å²) in [5.74, 6) is 1.56. The first kappa shape index (κ1) is 18.0. The number of rotatable bonds is 5. The third-order valence-corrected chi connectivity index (χ3v) is 5.70. The van der Waals surface area contributed by atoms with Gasteiger partial charge in [-0.1, -0.05) is 18.9 Å². The van der Waals surface area contributed by atoms with E-state index >= 15 is 0 Å². The standard InChI is InChI=1S/C20H27N5O2/c1-14-18-23-17(19(26)22-16-7-3-4-8-16)13-25(18)11-10-24(14)12-15-6-5-9-21-20(15)27-2/h5-6,9,13-14,16H,3-4,7-8,10-12H2,1-2H3,(H,22,26). The highest BCUT2D eigenvalue weighted by Crippen LogP contribution is 2.28. The average Bonchev–Trinajstić information content (AvgIpc) is 3.34. The maximum absolute atomic E-state index is 12.6. The van der Waals surface area contributed by atoms with E-state index in [0.29, 0.717) is 17.6 Å². The highest BCUT2D eigenvalue weighted by Gasteiger charge is 2.29. The van der Waals surface area contributed by atoms with E-state index in [9.17, 15) is 4.79 Å². The van der Waals surface area contributed by atoms with Crippen LogP contribution in [-0.4, -0.2) is 45.0 Å². The predicted molar refractivity (Wildman–Crippen MR) is 102 cm³/mol. The Kier molecular flexibility index (Phi) is 5.11. The molecule has 7 nitrogen and oxygen atoms in total. The number of hydrogen-bond donors (Lipinski definition) is 1. The minimum atomic E-state index is -0.0449. The van der Waals surface area contributed by atoms with Gasteiger partial charge in [-0.2, -0.15) is 0 Å². The van der Waals surface area contributed by atoms with Crippen LogP contribution in [-0.2, 0) is 13.1 Å². The molecule has 2 aromatic rings. The minimum Gasteiger partial charge on any atom is -0.481 e. The average molecular weight is 369 g/mol. The van der Waals surface area contributed by atoms with Crippen molar-refractivity contribution in [3.63, 3.8) is 0 Å². The second-order valence-electron chi connectivity index (χ2n) is 7.45. The largest absolute Gasteiger partial charge is 0.481 e. The van der Waals surface area contributed by atoms with Gasteiger partial charge < -0.3 is 14.6 Å². The number of carbonyl (C=O) groups is 1. The molecular formula is C20H27N5O2. The lowest BCUT2D eigenvalue weighted by Gasteiger charge is -2.33. The van der Waals surface area contributed by atoms with Crippen LogP contribution < -0.4 is 10.1 Å². The Labute approximate surface area is 159 Å². The number of methoxy groups -OCH3 is 1. The van der Waals surface area contributed by atoms with Crippen LogP contribution in [0.25, 0.3) is 0 Å². The molecule has 4 rings (SSSR count). The van der Waals surface area contributed by atoms with Crippen LogP contribution in [0.15, 0.2) is 24.5 Å². The third-order valence-electron chi connectivity index (χ3n) is 5.70. The first-order valence-corrected chi connectivity index (χ1v) is 9.75. The van der Waals surface area contributed by atoms with Gasteiger partial charge in [0.1, 0.15) is 11.5 Å². The van der Waals surface area contributed by atoms with Gasteiger partial charge in [0.2, 0.25) is 5.88 Å². The van der Waals surface area contributed by atoms with Crippen LogP contribution in [0.3, 0.4) is 0 Å². The zero-order chi connectivity index (χ0) is 18.8. The summed E-state index contributed by atoms with van der Waals surface area (Å²) in [6.07, 6.45) is 8.21. The lowest BCUT2D eigenvalue weighted by atomic mass is 10.1. The van der Waals surface area contributed by atoms with E-state index in [2.05, 4.69) is 31.7 Å². The smallest absolute Gasteiger partial charge is 0.271 e. The molecule has 1 N–H and O–H groups in total. The molecule has 2 aromatic heterocycles. The highest BCUT2D eigenvalue weighted by atomic mass is 16.5. The number of ether oxygens (including phenoxy) is 1. The van der Waals surface area contributed by atoms with Crippen LogP contribution in [0, 0.1) is 0 Å². The molecule has 0 aromatic carbocycles. The van der Waals surface area contributed by atoms with Crippen molar-refractivity contribution in [3.05, 3.63) is 41.6 Å². The molecule has 0 saturated heterocycles. The first-order chi connectivity index (χ1) is 13.2. The number of imidazole rings is 1. The topological polar surface area (TPSA) is 72.3 Å². The van der Waals surface area contributed by atoms with Crippen molar-refractivity contribution in [2.24, 2.45) is 0 Å². The molecule has 1 unspecified atom stereocenters. The molecule has 1 fully saturated rings. The summed E-state index contributed by atoms with van der Waals surface area (Å²) in [5.41, 5.74) is 1.59. The third kappa shape index (κ3) is 3.69. The molecule has 144 valence electrons. The number of aromatic nitrogens is 3. The zero-order valence-corrected chi connectivity index (χ0v) is 16.0. The maximum Gasteiger partial charge on any atom is 0.271 e. The fourth-order valence-corrected chi connectivity index (χ4v) is 4.14. The van der Waals surface area contributed by atoms with Gasteiger partial charge >= 0.3 is 0 Å². The van der Waals surface area contributed by atoms with E-state index in [4.69, 9.17) is 4.74 Å². The van der Waals surface area contributed by atoms with E-state index in [0.717, 1.165) is 43.9 Å². The van der Waals surface area contributed by atoms with Gasteiger partial charge in [0.05, 0.1) is 13.2 Å².